The van der Waals surface area contributed by atoms with E-state index in [0.717, 1.165) is 19.5 Å². The van der Waals surface area contributed by atoms with Gasteiger partial charge in [-0.05, 0) is 26.8 Å². The highest BCUT2D eigenvalue weighted by atomic mass is 16.5. The average Bonchev–Trinajstić information content (AvgIpc) is 2.89. The lowest BCUT2D eigenvalue weighted by Gasteiger charge is -2.31. The lowest BCUT2D eigenvalue weighted by Crippen LogP contribution is -2.40. The van der Waals surface area contributed by atoms with Gasteiger partial charge >= 0.3 is 0 Å². The summed E-state index contributed by atoms with van der Waals surface area (Å²) in [6.45, 7) is 6.62. The summed E-state index contributed by atoms with van der Waals surface area (Å²) in [5.74, 6) is 0.773. The molecule has 1 aromatic heterocycles. The molecular formula is C13H19N3O2. The molecule has 3 heterocycles. The van der Waals surface area contributed by atoms with Crippen LogP contribution in [0.1, 0.15) is 26.0 Å². The van der Waals surface area contributed by atoms with E-state index in [4.69, 9.17) is 4.74 Å². The quantitative estimate of drug-likeness (QED) is 0.858. The van der Waals surface area contributed by atoms with Crippen molar-refractivity contribution in [2.45, 2.75) is 32.0 Å². The fourth-order valence-corrected chi connectivity index (χ4v) is 2.98. The maximum Gasteiger partial charge on any atom is 0.232 e. The van der Waals surface area contributed by atoms with E-state index < -0.39 is 5.60 Å². The maximum absolute atomic E-state index is 10.8. The fourth-order valence-electron chi connectivity index (χ4n) is 2.98. The van der Waals surface area contributed by atoms with E-state index in [9.17, 15) is 5.11 Å². The van der Waals surface area contributed by atoms with E-state index in [1.807, 2.05) is 13.8 Å². The zero-order chi connectivity index (χ0) is 12.8. The minimum atomic E-state index is -0.846. The van der Waals surface area contributed by atoms with Crippen molar-refractivity contribution >= 4 is 0 Å². The molecule has 5 nitrogen and oxygen atoms in total. The van der Waals surface area contributed by atoms with Gasteiger partial charge in [0.1, 0.15) is 5.60 Å². The summed E-state index contributed by atoms with van der Waals surface area (Å²) in [5.41, 5.74) is -0.199. The van der Waals surface area contributed by atoms with Crippen LogP contribution in [0.2, 0.25) is 0 Å². The summed E-state index contributed by atoms with van der Waals surface area (Å²) >= 11 is 0. The predicted octanol–water partition coefficient (Wildman–Crippen LogP) is 0.787. The summed E-state index contributed by atoms with van der Waals surface area (Å²) in [6.07, 6.45) is 4.36. The fraction of sp³-hybridized carbons (Fsp3) is 0.692. The van der Waals surface area contributed by atoms with Crippen LogP contribution in [0.3, 0.4) is 0 Å². The summed E-state index contributed by atoms with van der Waals surface area (Å²) in [5, 5.41) is 10.8. The smallest absolute Gasteiger partial charge is 0.232 e. The van der Waals surface area contributed by atoms with Crippen molar-refractivity contribution in [3.8, 4) is 5.88 Å². The van der Waals surface area contributed by atoms with Crippen molar-refractivity contribution in [1.29, 1.82) is 0 Å². The molecule has 0 saturated carbocycles. The number of ether oxygens (including phenoxy) is 1. The van der Waals surface area contributed by atoms with Crippen LogP contribution < -0.4 is 4.74 Å². The standard InChI is InChI=1S/C13H19N3O2/c1-9(2)18-12-6-14-5-11(15-12)13(17)8-16-4-3-10(13)7-16/h5-6,9-10,17H,3-4,7-8H2,1-2H3. The van der Waals surface area contributed by atoms with Gasteiger partial charge in [-0.3, -0.25) is 9.88 Å². The molecular weight excluding hydrogens is 230 g/mol. The van der Waals surface area contributed by atoms with Crippen LogP contribution in [0.25, 0.3) is 0 Å². The third-order valence-electron chi connectivity index (χ3n) is 3.82. The minimum Gasteiger partial charge on any atom is -0.474 e. The first-order valence-corrected chi connectivity index (χ1v) is 6.52. The molecule has 1 aromatic rings. The second-order valence-corrected chi connectivity index (χ2v) is 5.55. The van der Waals surface area contributed by atoms with Crippen molar-refractivity contribution in [2.24, 2.45) is 5.92 Å². The van der Waals surface area contributed by atoms with Crippen LogP contribution in [0.4, 0.5) is 0 Å². The number of hydrogen-bond donors (Lipinski definition) is 1. The molecule has 3 unspecified atom stereocenters. The zero-order valence-corrected chi connectivity index (χ0v) is 10.8. The van der Waals surface area contributed by atoms with Crippen molar-refractivity contribution in [2.75, 3.05) is 19.6 Å². The Balaban J connectivity index is 1.88. The molecule has 1 N–H and O–H groups in total. The van der Waals surface area contributed by atoms with E-state index in [2.05, 4.69) is 14.9 Å². The topological polar surface area (TPSA) is 58.5 Å². The number of rotatable bonds is 3. The van der Waals surface area contributed by atoms with Crippen molar-refractivity contribution in [1.82, 2.24) is 14.9 Å². The Morgan fingerprint density at radius 2 is 2.33 bits per heavy atom. The van der Waals surface area contributed by atoms with Crippen LogP contribution in [0.5, 0.6) is 5.88 Å². The van der Waals surface area contributed by atoms with Crippen LogP contribution in [-0.4, -0.2) is 45.7 Å². The van der Waals surface area contributed by atoms with Crippen molar-refractivity contribution < 1.29 is 9.84 Å². The maximum atomic E-state index is 10.8. The van der Waals surface area contributed by atoms with Crippen molar-refractivity contribution in [3.63, 3.8) is 0 Å². The molecule has 0 spiro atoms. The van der Waals surface area contributed by atoms with Crippen LogP contribution >= 0.6 is 0 Å². The predicted molar refractivity (Wildman–Crippen MR) is 66.2 cm³/mol. The Morgan fingerprint density at radius 3 is 2.94 bits per heavy atom. The van der Waals surface area contributed by atoms with Gasteiger partial charge in [-0.25, -0.2) is 4.98 Å². The number of aliphatic hydroxyl groups is 1. The summed E-state index contributed by atoms with van der Waals surface area (Å²) in [6, 6.07) is 0. The summed E-state index contributed by atoms with van der Waals surface area (Å²) < 4.78 is 5.54. The second kappa shape index (κ2) is 4.17. The highest BCUT2D eigenvalue weighted by molar-refractivity contribution is 5.20. The van der Waals surface area contributed by atoms with Gasteiger partial charge in [0.15, 0.2) is 0 Å². The third-order valence-corrected chi connectivity index (χ3v) is 3.82. The lowest BCUT2D eigenvalue weighted by molar-refractivity contribution is -0.0148. The van der Waals surface area contributed by atoms with Gasteiger partial charge in [-0.15, -0.1) is 0 Å². The summed E-state index contributed by atoms with van der Waals surface area (Å²) in [4.78, 5) is 10.8. The first-order chi connectivity index (χ1) is 8.58. The minimum absolute atomic E-state index is 0.0629. The average molecular weight is 249 g/mol. The lowest BCUT2D eigenvalue weighted by atomic mass is 9.85. The molecule has 2 aliphatic heterocycles. The van der Waals surface area contributed by atoms with Gasteiger partial charge in [0.2, 0.25) is 5.88 Å². The molecule has 2 aliphatic rings. The van der Waals surface area contributed by atoms with Gasteiger partial charge in [0.05, 0.1) is 24.2 Å². The van der Waals surface area contributed by atoms with E-state index in [1.54, 1.807) is 12.4 Å². The Morgan fingerprint density at radius 1 is 1.50 bits per heavy atom. The number of nitrogens with zero attached hydrogens (tertiary/aromatic N) is 3. The largest absolute Gasteiger partial charge is 0.474 e. The molecule has 0 amide bonds. The van der Waals surface area contributed by atoms with E-state index in [0.29, 0.717) is 18.1 Å². The number of fused-ring (bicyclic) bond motifs is 2. The first kappa shape index (κ1) is 11.9. The molecule has 2 bridgehead atoms. The molecule has 18 heavy (non-hydrogen) atoms. The van der Waals surface area contributed by atoms with E-state index >= 15 is 0 Å². The first-order valence-electron chi connectivity index (χ1n) is 6.52. The molecule has 0 radical (unpaired) electrons. The van der Waals surface area contributed by atoms with E-state index in [-0.39, 0.29) is 12.0 Å². The molecule has 98 valence electrons. The SMILES string of the molecule is CC(C)Oc1cncc(C2(O)CN3CCC2C3)n1. The van der Waals surface area contributed by atoms with Gasteiger partial charge in [0, 0.05) is 19.0 Å². The van der Waals surface area contributed by atoms with Gasteiger partial charge < -0.3 is 9.84 Å². The van der Waals surface area contributed by atoms with Gasteiger partial charge in [0.25, 0.3) is 0 Å². The van der Waals surface area contributed by atoms with Crippen LogP contribution in [0, 0.1) is 5.92 Å². The van der Waals surface area contributed by atoms with Gasteiger partial charge in [-0.2, -0.15) is 0 Å². The highest BCUT2D eigenvalue weighted by Gasteiger charge is 2.51. The summed E-state index contributed by atoms with van der Waals surface area (Å²) in [7, 11) is 0. The molecule has 0 aromatic carbocycles. The Kier molecular flexibility index (Phi) is 2.75. The molecule has 2 fully saturated rings. The van der Waals surface area contributed by atoms with Crippen LogP contribution in [0.15, 0.2) is 12.4 Å². The zero-order valence-electron chi connectivity index (χ0n) is 10.8. The molecule has 5 heteroatoms. The number of hydrogen-bond acceptors (Lipinski definition) is 5. The second-order valence-electron chi connectivity index (χ2n) is 5.55. The molecule has 3 atom stereocenters. The van der Waals surface area contributed by atoms with E-state index in [1.165, 1.54) is 0 Å². The molecule has 0 aliphatic carbocycles. The van der Waals surface area contributed by atoms with Crippen LogP contribution in [-0.2, 0) is 5.60 Å². The highest BCUT2D eigenvalue weighted by Crippen LogP contribution is 2.42. The molecule has 3 rings (SSSR count). The monoisotopic (exact) mass is 249 g/mol. The Bertz CT molecular complexity index is 452. The normalized spacial score (nSPS) is 34.2. The Labute approximate surface area is 107 Å². The van der Waals surface area contributed by atoms with Crippen molar-refractivity contribution in [3.05, 3.63) is 18.1 Å². The number of aromatic nitrogens is 2. The number of piperidine rings is 1. The molecule has 2 saturated heterocycles. The van der Waals surface area contributed by atoms with Gasteiger partial charge in [-0.1, -0.05) is 0 Å². The third kappa shape index (κ3) is 1.87. The Hall–Kier alpha value is -1.20.